The van der Waals surface area contributed by atoms with Gasteiger partial charge in [0.1, 0.15) is 0 Å². The molecule has 0 unspecified atom stereocenters. The lowest BCUT2D eigenvalue weighted by Gasteiger charge is -2.25. The number of nitrogens with zero attached hydrogens (tertiary/aromatic N) is 4. The zero-order valence-corrected chi connectivity index (χ0v) is 15.3. The van der Waals surface area contributed by atoms with Crippen LogP contribution in [0.25, 0.3) is 0 Å². The number of nitro groups is 1. The summed E-state index contributed by atoms with van der Waals surface area (Å²) < 4.78 is 1.65. The molecule has 3 N–H and O–H groups in total. The van der Waals surface area contributed by atoms with Crippen LogP contribution < -0.4 is 5.32 Å². The Labute approximate surface area is 160 Å². The fourth-order valence-electron chi connectivity index (χ4n) is 3.19. The van der Waals surface area contributed by atoms with Crippen molar-refractivity contribution < 1.29 is 19.9 Å². The number of non-ortho nitro benzene ring substituents is 1. The minimum absolute atomic E-state index is 0.0103. The monoisotopic (exact) mass is 387 g/mol. The van der Waals surface area contributed by atoms with E-state index in [-0.39, 0.29) is 17.9 Å². The smallest absolute Gasteiger partial charge is 0.269 e. The zero-order chi connectivity index (χ0) is 20.3. The van der Waals surface area contributed by atoms with Gasteiger partial charge in [0.25, 0.3) is 11.6 Å². The van der Waals surface area contributed by atoms with Crippen LogP contribution in [0, 0.1) is 16.0 Å². The van der Waals surface area contributed by atoms with Crippen molar-refractivity contribution in [2.75, 3.05) is 11.9 Å². The molecule has 10 nitrogen and oxygen atoms in total. The first-order chi connectivity index (χ1) is 13.4. The first-order valence-electron chi connectivity index (χ1n) is 8.85. The highest BCUT2D eigenvalue weighted by molar-refractivity contribution is 6.05. The summed E-state index contributed by atoms with van der Waals surface area (Å²) in [5.41, 5.74) is -0.782. The third-order valence-electron chi connectivity index (χ3n) is 4.78. The summed E-state index contributed by atoms with van der Waals surface area (Å²) in [6.07, 6.45) is 6.31. The number of aromatic nitrogens is 3. The molecule has 0 saturated heterocycles. The highest BCUT2D eigenvalue weighted by Gasteiger charge is 2.49. The number of anilines is 1. The van der Waals surface area contributed by atoms with Crippen LogP contribution in [0.3, 0.4) is 0 Å². The van der Waals surface area contributed by atoms with Gasteiger partial charge in [-0.05, 0) is 12.5 Å². The number of carbonyl (C=O) groups excluding carboxylic acids is 1. The quantitative estimate of drug-likeness (QED) is 0.350. The van der Waals surface area contributed by atoms with E-state index < -0.39 is 22.3 Å². The predicted molar refractivity (Wildman–Crippen MR) is 99.4 cm³/mol. The fraction of sp³-hybridized carbons (Fsp3) is 0.389. The highest BCUT2D eigenvalue weighted by Crippen LogP contribution is 2.43. The molecule has 0 fully saturated rings. The van der Waals surface area contributed by atoms with Crippen LogP contribution in [-0.2, 0) is 23.4 Å². The number of rotatable bonds is 8. The van der Waals surface area contributed by atoms with E-state index in [2.05, 4.69) is 15.6 Å². The van der Waals surface area contributed by atoms with Crippen molar-refractivity contribution in [2.45, 2.75) is 31.9 Å². The van der Waals surface area contributed by atoms with Crippen LogP contribution >= 0.6 is 0 Å². The van der Waals surface area contributed by atoms with Crippen LogP contribution in [0.15, 0.2) is 36.5 Å². The number of hydrogen-bond donors (Lipinski definition) is 3. The summed E-state index contributed by atoms with van der Waals surface area (Å²) in [6, 6.07) is 3.94. The number of benzene rings is 1. The summed E-state index contributed by atoms with van der Waals surface area (Å²) >= 11 is 0. The van der Waals surface area contributed by atoms with Crippen LogP contribution in [0.2, 0.25) is 0 Å². The molecule has 0 bridgehead atoms. The lowest BCUT2D eigenvalue weighted by molar-refractivity contribution is -0.385. The topological polar surface area (TPSA) is 143 Å². The number of allylic oxidation sites excluding steroid dienone is 1. The lowest BCUT2D eigenvalue weighted by Crippen LogP contribution is -2.39. The van der Waals surface area contributed by atoms with E-state index in [1.807, 2.05) is 6.08 Å². The van der Waals surface area contributed by atoms with Crippen LogP contribution in [0.1, 0.15) is 24.6 Å². The van der Waals surface area contributed by atoms with E-state index in [4.69, 9.17) is 5.11 Å². The van der Waals surface area contributed by atoms with E-state index in [1.54, 1.807) is 23.9 Å². The molecule has 2 heterocycles. The number of nitro benzene ring substituents is 1. The minimum Gasteiger partial charge on any atom is -0.396 e. The average molecular weight is 387 g/mol. The Morgan fingerprint density at radius 1 is 1.46 bits per heavy atom. The molecule has 1 amide bonds. The van der Waals surface area contributed by atoms with Crippen molar-refractivity contribution in [1.82, 2.24) is 15.0 Å². The molecule has 1 aliphatic rings. The molecule has 2 atom stereocenters. The predicted octanol–water partition coefficient (Wildman–Crippen LogP) is 1.14. The summed E-state index contributed by atoms with van der Waals surface area (Å²) in [5, 5.41) is 41.4. The van der Waals surface area contributed by atoms with E-state index in [1.165, 1.54) is 18.2 Å². The van der Waals surface area contributed by atoms with E-state index in [0.717, 1.165) is 0 Å². The molecule has 1 aromatic heterocycles. The molecular formula is C18H21N5O5. The highest BCUT2D eigenvalue weighted by atomic mass is 16.6. The first kappa shape index (κ1) is 19.6. The van der Waals surface area contributed by atoms with Gasteiger partial charge in [-0.1, -0.05) is 24.3 Å². The summed E-state index contributed by atoms with van der Waals surface area (Å²) in [4.78, 5) is 22.9. The van der Waals surface area contributed by atoms with Crippen molar-refractivity contribution in [3.05, 3.63) is 57.9 Å². The normalized spacial score (nSPS) is 19.6. The van der Waals surface area contributed by atoms with Gasteiger partial charge >= 0.3 is 0 Å². The standard InChI is InChI=1S/C18H21N5O5/c1-12(4-2-3-8-22-11-13(7-9-24)20-21-22)18(26)15-10-14(23(27)28)5-6-16(15)19-17(18)25/h2,4-6,10-12,24,26H,3,7-9H2,1H3,(H,19,25)/b4-2+/t12-,18+/m1/s1. The molecule has 1 aliphatic heterocycles. The number of hydrogen-bond acceptors (Lipinski definition) is 7. The second-order valence-electron chi connectivity index (χ2n) is 6.66. The van der Waals surface area contributed by atoms with Crippen LogP contribution in [0.5, 0.6) is 0 Å². The van der Waals surface area contributed by atoms with Gasteiger partial charge in [0.2, 0.25) is 0 Å². The Kier molecular flexibility index (Phi) is 5.52. The molecular weight excluding hydrogens is 366 g/mol. The van der Waals surface area contributed by atoms with Crippen LogP contribution in [-0.4, -0.2) is 42.6 Å². The molecule has 0 radical (unpaired) electrons. The first-order valence-corrected chi connectivity index (χ1v) is 8.85. The summed E-state index contributed by atoms with van der Waals surface area (Å²) in [7, 11) is 0. The van der Waals surface area contributed by atoms with Gasteiger partial charge < -0.3 is 15.5 Å². The molecule has 3 rings (SSSR count). The van der Waals surface area contributed by atoms with Gasteiger partial charge in [0.05, 0.1) is 10.6 Å². The van der Waals surface area contributed by atoms with E-state index in [9.17, 15) is 20.0 Å². The molecule has 148 valence electrons. The zero-order valence-electron chi connectivity index (χ0n) is 15.3. The second-order valence-corrected chi connectivity index (χ2v) is 6.66. The van der Waals surface area contributed by atoms with Crippen molar-refractivity contribution >= 4 is 17.3 Å². The number of fused-ring (bicyclic) bond motifs is 1. The van der Waals surface area contributed by atoms with Gasteiger partial charge in [-0.3, -0.25) is 19.6 Å². The number of nitrogens with one attached hydrogen (secondary N) is 1. The summed E-state index contributed by atoms with van der Waals surface area (Å²) in [6.45, 7) is 2.24. The molecule has 0 saturated carbocycles. The molecule has 1 aromatic carbocycles. The third kappa shape index (κ3) is 3.64. The molecule has 0 spiro atoms. The summed E-state index contributed by atoms with van der Waals surface area (Å²) in [5.74, 6) is -1.21. The maximum atomic E-state index is 12.4. The maximum Gasteiger partial charge on any atom is 0.269 e. The Morgan fingerprint density at radius 2 is 2.25 bits per heavy atom. The largest absolute Gasteiger partial charge is 0.396 e. The van der Waals surface area contributed by atoms with E-state index >= 15 is 0 Å². The molecule has 2 aromatic rings. The number of carbonyl (C=O) groups is 1. The number of aliphatic hydroxyl groups is 2. The Balaban J connectivity index is 1.70. The SMILES string of the molecule is C[C@H](/C=C/CCn1cc(CCO)nn1)[C@@]1(O)C(=O)Nc2ccc([N+](=O)[O-])cc21. The minimum atomic E-state index is -1.88. The Bertz CT molecular complexity index is 925. The van der Waals surface area contributed by atoms with Gasteiger partial charge in [-0.15, -0.1) is 5.10 Å². The van der Waals surface area contributed by atoms with Crippen molar-refractivity contribution in [2.24, 2.45) is 5.92 Å². The molecule has 28 heavy (non-hydrogen) atoms. The van der Waals surface area contributed by atoms with Gasteiger partial charge in [-0.2, -0.15) is 0 Å². The Morgan fingerprint density at radius 3 is 2.96 bits per heavy atom. The molecule has 10 heteroatoms. The Hall–Kier alpha value is -3.11. The van der Waals surface area contributed by atoms with Crippen LogP contribution in [0.4, 0.5) is 11.4 Å². The lowest BCUT2D eigenvalue weighted by atomic mass is 9.83. The number of amides is 1. The van der Waals surface area contributed by atoms with Crippen molar-refractivity contribution in [3.63, 3.8) is 0 Å². The number of aryl methyl sites for hydroxylation is 1. The third-order valence-corrected chi connectivity index (χ3v) is 4.78. The van der Waals surface area contributed by atoms with Gasteiger partial charge in [-0.25, -0.2) is 0 Å². The fourth-order valence-corrected chi connectivity index (χ4v) is 3.19. The molecule has 0 aliphatic carbocycles. The number of aliphatic hydroxyl groups excluding tert-OH is 1. The maximum absolute atomic E-state index is 12.4. The van der Waals surface area contributed by atoms with Crippen molar-refractivity contribution in [3.8, 4) is 0 Å². The van der Waals surface area contributed by atoms with Gasteiger partial charge in [0.15, 0.2) is 5.60 Å². The average Bonchev–Trinajstić information content (AvgIpc) is 3.21. The van der Waals surface area contributed by atoms with E-state index in [0.29, 0.717) is 30.8 Å². The van der Waals surface area contributed by atoms with Crippen molar-refractivity contribution in [1.29, 1.82) is 0 Å². The van der Waals surface area contributed by atoms with Gasteiger partial charge in [0, 0.05) is 55.1 Å². The second kappa shape index (κ2) is 7.87.